The van der Waals surface area contributed by atoms with Crippen LogP contribution in [-0.2, 0) is 6.54 Å². The zero-order valence-electron chi connectivity index (χ0n) is 9.95. The quantitative estimate of drug-likeness (QED) is 0.637. The molecule has 0 aliphatic heterocycles. The van der Waals surface area contributed by atoms with Gasteiger partial charge in [0.15, 0.2) is 0 Å². The molecule has 0 bridgehead atoms. The largest absolute Gasteiger partial charge is 0.302 e. The van der Waals surface area contributed by atoms with Crippen LogP contribution in [0.5, 0.6) is 0 Å². The molecule has 0 atom stereocenters. The molecule has 0 aliphatic carbocycles. The van der Waals surface area contributed by atoms with E-state index in [0.717, 1.165) is 6.54 Å². The van der Waals surface area contributed by atoms with Gasteiger partial charge >= 0.3 is 0 Å². The number of pyridine rings is 1. The molecule has 0 amide bonds. The summed E-state index contributed by atoms with van der Waals surface area (Å²) in [4.78, 5) is 6.40. The Hall–Kier alpha value is -0.890. The lowest BCUT2D eigenvalue weighted by Gasteiger charge is -2.16. The highest BCUT2D eigenvalue weighted by Crippen LogP contribution is 2.04. The first-order chi connectivity index (χ1) is 7.33. The summed E-state index contributed by atoms with van der Waals surface area (Å²) in [6.45, 7) is 4.48. The van der Waals surface area contributed by atoms with Crippen molar-refractivity contribution in [1.29, 1.82) is 0 Å². The van der Waals surface area contributed by atoms with E-state index in [-0.39, 0.29) is 0 Å². The number of aromatic nitrogens is 1. The highest BCUT2D eigenvalue weighted by Gasteiger charge is 1.99. The maximum Gasteiger partial charge on any atom is 0.0271 e. The van der Waals surface area contributed by atoms with Crippen LogP contribution in [0, 0.1) is 0 Å². The number of hydrogen-bond acceptors (Lipinski definition) is 2. The minimum absolute atomic E-state index is 1.04. The third kappa shape index (κ3) is 5.53. The highest BCUT2D eigenvalue weighted by atomic mass is 15.1. The van der Waals surface area contributed by atoms with Gasteiger partial charge in [-0.3, -0.25) is 4.98 Å². The smallest absolute Gasteiger partial charge is 0.0271 e. The normalized spacial score (nSPS) is 10.9. The van der Waals surface area contributed by atoms with E-state index < -0.39 is 0 Å². The van der Waals surface area contributed by atoms with Crippen molar-refractivity contribution < 1.29 is 0 Å². The molecule has 84 valence electrons. The lowest BCUT2D eigenvalue weighted by Crippen LogP contribution is -2.18. The fraction of sp³-hybridized carbons (Fsp3) is 0.615. The summed E-state index contributed by atoms with van der Waals surface area (Å²) < 4.78 is 0. The second kappa shape index (κ2) is 7.41. The van der Waals surface area contributed by atoms with Crippen LogP contribution in [0.15, 0.2) is 24.5 Å². The van der Waals surface area contributed by atoms with Crippen LogP contribution in [0.1, 0.15) is 38.2 Å². The second-order valence-electron chi connectivity index (χ2n) is 4.15. The third-order valence-electron chi connectivity index (χ3n) is 2.60. The fourth-order valence-electron chi connectivity index (χ4n) is 1.69. The second-order valence-corrected chi connectivity index (χ2v) is 4.15. The molecule has 15 heavy (non-hydrogen) atoms. The molecule has 0 aromatic carbocycles. The van der Waals surface area contributed by atoms with Crippen molar-refractivity contribution in [2.45, 2.75) is 39.2 Å². The van der Waals surface area contributed by atoms with Gasteiger partial charge in [-0.1, -0.05) is 26.2 Å². The zero-order chi connectivity index (χ0) is 10.9. The summed E-state index contributed by atoms with van der Waals surface area (Å²) in [6, 6.07) is 4.17. The maximum absolute atomic E-state index is 4.02. The molecule has 0 aliphatic rings. The van der Waals surface area contributed by atoms with Crippen molar-refractivity contribution >= 4 is 0 Å². The van der Waals surface area contributed by atoms with Gasteiger partial charge < -0.3 is 4.90 Å². The average molecular weight is 206 g/mol. The van der Waals surface area contributed by atoms with Crippen LogP contribution < -0.4 is 0 Å². The van der Waals surface area contributed by atoms with Crippen molar-refractivity contribution in [3.63, 3.8) is 0 Å². The molecule has 0 fully saturated rings. The van der Waals surface area contributed by atoms with Gasteiger partial charge in [0, 0.05) is 18.9 Å². The predicted molar refractivity (Wildman–Crippen MR) is 64.7 cm³/mol. The summed E-state index contributed by atoms with van der Waals surface area (Å²) in [5.41, 5.74) is 1.35. The Balaban J connectivity index is 2.16. The monoisotopic (exact) mass is 206 g/mol. The highest BCUT2D eigenvalue weighted by molar-refractivity contribution is 5.08. The van der Waals surface area contributed by atoms with Crippen LogP contribution in [0.2, 0.25) is 0 Å². The summed E-state index contributed by atoms with van der Waals surface area (Å²) in [6.07, 6.45) is 9.07. The van der Waals surface area contributed by atoms with E-state index in [4.69, 9.17) is 0 Å². The molecule has 0 radical (unpaired) electrons. The number of hydrogen-bond donors (Lipinski definition) is 0. The molecule has 0 unspecified atom stereocenters. The van der Waals surface area contributed by atoms with Crippen LogP contribution in [0.25, 0.3) is 0 Å². The third-order valence-corrected chi connectivity index (χ3v) is 2.60. The van der Waals surface area contributed by atoms with E-state index in [2.05, 4.69) is 36.0 Å². The Morgan fingerprint density at radius 1 is 1.13 bits per heavy atom. The summed E-state index contributed by atoms with van der Waals surface area (Å²) >= 11 is 0. The first kappa shape index (κ1) is 12.2. The minimum atomic E-state index is 1.04. The SMILES string of the molecule is CCCCCCN(C)Cc1ccncc1. The summed E-state index contributed by atoms with van der Waals surface area (Å²) in [7, 11) is 2.19. The lowest BCUT2D eigenvalue weighted by molar-refractivity contribution is 0.317. The standard InChI is InChI=1S/C13H22N2/c1-3-4-5-6-11-15(2)12-13-7-9-14-10-8-13/h7-10H,3-6,11-12H2,1-2H3. The van der Waals surface area contributed by atoms with Gasteiger partial charge in [0.2, 0.25) is 0 Å². The fourth-order valence-corrected chi connectivity index (χ4v) is 1.69. The van der Waals surface area contributed by atoms with Gasteiger partial charge in [0.1, 0.15) is 0 Å². The molecule has 0 spiro atoms. The van der Waals surface area contributed by atoms with Gasteiger partial charge in [0.25, 0.3) is 0 Å². The van der Waals surface area contributed by atoms with Gasteiger partial charge in [-0.05, 0) is 37.7 Å². The zero-order valence-corrected chi connectivity index (χ0v) is 9.95. The van der Waals surface area contributed by atoms with Crippen molar-refractivity contribution in [2.24, 2.45) is 0 Å². The Kier molecular flexibility index (Phi) is 6.02. The number of unbranched alkanes of at least 4 members (excludes halogenated alkanes) is 3. The topological polar surface area (TPSA) is 16.1 Å². The van der Waals surface area contributed by atoms with Gasteiger partial charge in [-0.25, -0.2) is 0 Å². The van der Waals surface area contributed by atoms with Gasteiger partial charge in [-0.15, -0.1) is 0 Å². The van der Waals surface area contributed by atoms with Crippen molar-refractivity contribution in [1.82, 2.24) is 9.88 Å². The number of nitrogens with zero attached hydrogens (tertiary/aromatic N) is 2. The molecule has 0 N–H and O–H groups in total. The van der Waals surface area contributed by atoms with Gasteiger partial charge in [-0.2, -0.15) is 0 Å². The van der Waals surface area contributed by atoms with Crippen molar-refractivity contribution in [2.75, 3.05) is 13.6 Å². The Bertz CT molecular complexity index is 246. The maximum atomic E-state index is 4.02. The molecular weight excluding hydrogens is 184 g/mol. The minimum Gasteiger partial charge on any atom is -0.302 e. The lowest BCUT2D eigenvalue weighted by atomic mass is 10.2. The molecule has 1 rings (SSSR count). The van der Waals surface area contributed by atoms with Gasteiger partial charge in [0.05, 0.1) is 0 Å². The molecule has 0 saturated carbocycles. The van der Waals surface area contributed by atoms with E-state index >= 15 is 0 Å². The summed E-state index contributed by atoms with van der Waals surface area (Å²) in [5.74, 6) is 0. The van der Waals surface area contributed by atoms with E-state index in [1.165, 1.54) is 37.8 Å². The Labute approximate surface area is 93.3 Å². The van der Waals surface area contributed by atoms with Crippen LogP contribution in [0.3, 0.4) is 0 Å². The molecular formula is C13H22N2. The predicted octanol–water partition coefficient (Wildman–Crippen LogP) is 3.09. The molecule has 0 saturated heterocycles. The first-order valence-electron chi connectivity index (χ1n) is 5.90. The van der Waals surface area contributed by atoms with Crippen LogP contribution >= 0.6 is 0 Å². The van der Waals surface area contributed by atoms with E-state index in [1.54, 1.807) is 0 Å². The van der Waals surface area contributed by atoms with Crippen molar-refractivity contribution in [3.8, 4) is 0 Å². The Morgan fingerprint density at radius 2 is 1.87 bits per heavy atom. The summed E-state index contributed by atoms with van der Waals surface area (Å²) in [5, 5.41) is 0. The molecule has 2 nitrogen and oxygen atoms in total. The van der Waals surface area contributed by atoms with E-state index in [1.807, 2.05) is 12.4 Å². The number of rotatable bonds is 7. The van der Waals surface area contributed by atoms with Crippen LogP contribution in [0.4, 0.5) is 0 Å². The van der Waals surface area contributed by atoms with Crippen molar-refractivity contribution in [3.05, 3.63) is 30.1 Å². The Morgan fingerprint density at radius 3 is 2.53 bits per heavy atom. The average Bonchev–Trinajstić information content (AvgIpc) is 2.26. The van der Waals surface area contributed by atoms with E-state index in [0.29, 0.717) is 0 Å². The molecule has 1 heterocycles. The molecule has 2 heteroatoms. The molecule has 1 aromatic rings. The van der Waals surface area contributed by atoms with Crippen LogP contribution in [-0.4, -0.2) is 23.5 Å². The van der Waals surface area contributed by atoms with E-state index in [9.17, 15) is 0 Å². The molecule has 1 aromatic heterocycles. The first-order valence-corrected chi connectivity index (χ1v) is 5.90.